The van der Waals surface area contributed by atoms with Gasteiger partial charge in [0.25, 0.3) is 0 Å². The Morgan fingerprint density at radius 3 is 2.92 bits per heavy atom. The number of rotatable bonds is 1. The number of hydrogen-bond donors (Lipinski definition) is 2. The quantitative estimate of drug-likeness (QED) is 0.692. The maximum absolute atomic E-state index is 5.81. The zero-order valence-corrected chi connectivity index (χ0v) is 7.41. The van der Waals surface area contributed by atoms with Gasteiger partial charge in [-0.15, -0.1) is 0 Å². The topological polar surface area (TPSA) is 50.9 Å². The van der Waals surface area contributed by atoms with Crippen LogP contribution in [-0.4, -0.2) is 12.0 Å². The molecule has 3 heteroatoms. The third-order valence-corrected chi connectivity index (χ3v) is 2.06. The van der Waals surface area contributed by atoms with Gasteiger partial charge >= 0.3 is 0 Å². The number of aromatic nitrogens is 1. The molecule has 0 fully saturated rings. The average Bonchev–Trinajstić information content (AvgIpc) is 2.18. The Labute approximate surface area is 76.6 Å². The molecule has 3 N–H and O–H groups in total. The molecule has 66 valence electrons. The van der Waals surface area contributed by atoms with E-state index in [4.69, 9.17) is 5.73 Å². The Kier molecular flexibility index (Phi) is 1.77. The number of nitrogens with two attached hydrogens (primary N) is 1. The minimum atomic E-state index is 0.766. The predicted octanol–water partition coefficient (Wildman–Crippen LogP) is 1.86. The molecular formula is C10H11N3. The number of nitrogens with zero attached hydrogens (tertiary/aromatic N) is 1. The van der Waals surface area contributed by atoms with Crippen molar-refractivity contribution in [3.63, 3.8) is 0 Å². The van der Waals surface area contributed by atoms with E-state index in [1.165, 1.54) is 0 Å². The Balaban J connectivity index is 2.74. The van der Waals surface area contributed by atoms with Gasteiger partial charge in [-0.25, -0.2) is 0 Å². The van der Waals surface area contributed by atoms with Crippen molar-refractivity contribution in [2.24, 2.45) is 0 Å². The lowest BCUT2D eigenvalue weighted by Crippen LogP contribution is -1.91. The molecule has 3 nitrogen and oxygen atoms in total. The number of pyridine rings is 1. The van der Waals surface area contributed by atoms with E-state index in [1.807, 2.05) is 31.3 Å². The van der Waals surface area contributed by atoms with Crippen LogP contribution in [0.25, 0.3) is 10.9 Å². The molecule has 1 aromatic heterocycles. The minimum absolute atomic E-state index is 0.766. The van der Waals surface area contributed by atoms with Gasteiger partial charge < -0.3 is 11.1 Å². The summed E-state index contributed by atoms with van der Waals surface area (Å²) >= 11 is 0. The van der Waals surface area contributed by atoms with E-state index in [1.54, 1.807) is 6.20 Å². The number of nitrogens with one attached hydrogen (secondary N) is 1. The second kappa shape index (κ2) is 2.94. The SMILES string of the molecule is CNc1ccc2nccc(N)c2c1. The molecule has 1 aromatic carbocycles. The lowest BCUT2D eigenvalue weighted by atomic mass is 10.2. The summed E-state index contributed by atoms with van der Waals surface area (Å²) in [6.07, 6.45) is 1.72. The van der Waals surface area contributed by atoms with Gasteiger partial charge in [0.1, 0.15) is 0 Å². The molecule has 0 radical (unpaired) electrons. The number of nitrogen functional groups attached to an aromatic ring is 1. The van der Waals surface area contributed by atoms with Crippen molar-refractivity contribution in [2.45, 2.75) is 0 Å². The molecule has 2 aromatic rings. The maximum Gasteiger partial charge on any atom is 0.0724 e. The monoisotopic (exact) mass is 173 g/mol. The largest absolute Gasteiger partial charge is 0.398 e. The van der Waals surface area contributed by atoms with Gasteiger partial charge in [-0.05, 0) is 24.3 Å². The van der Waals surface area contributed by atoms with Crippen molar-refractivity contribution in [3.8, 4) is 0 Å². The Bertz CT molecular complexity index is 437. The maximum atomic E-state index is 5.81. The molecule has 0 spiro atoms. The van der Waals surface area contributed by atoms with E-state index in [0.717, 1.165) is 22.3 Å². The van der Waals surface area contributed by atoms with Crippen LogP contribution in [0.15, 0.2) is 30.5 Å². The summed E-state index contributed by atoms with van der Waals surface area (Å²) in [6.45, 7) is 0. The van der Waals surface area contributed by atoms with E-state index >= 15 is 0 Å². The summed E-state index contributed by atoms with van der Waals surface area (Å²) in [5.74, 6) is 0. The zero-order chi connectivity index (χ0) is 9.26. The molecule has 0 bridgehead atoms. The number of benzene rings is 1. The first-order valence-corrected chi connectivity index (χ1v) is 4.13. The minimum Gasteiger partial charge on any atom is -0.398 e. The number of hydrogen-bond acceptors (Lipinski definition) is 3. The summed E-state index contributed by atoms with van der Waals surface area (Å²) in [5.41, 5.74) is 8.56. The molecule has 0 saturated heterocycles. The predicted molar refractivity (Wildman–Crippen MR) is 55.7 cm³/mol. The van der Waals surface area contributed by atoms with Gasteiger partial charge in [0.05, 0.1) is 5.52 Å². The molecular weight excluding hydrogens is 162 g/mol. The second-order valence-corrected chi connectivity index (χ2v) is 2.88. The van der Waals surface area contributed by atoms with Crippen molar-refractivity contribution in [1.82, 2.24) is 4.98 Å². The first-order valence-electron chi connectivity index (χ1n) is 4.13. The van der Waals surface area contributed by atoms with Gasteiger partial charge in [0.15, 0.2) is 0 Å². The number of fused-ring (bicyclic) bond motifs is 1. The lowest BCUT2D eigenvalue weighted by Gasteiger charge is -2.03. The fourth-order valence-corrected chi connectivity index (χ4v) is 1.32. The fourth-order valence-electron chi connectivity index (χ4n) is 1.32. The first-order chi connectivity index (χ1) is 6.31. The summed E-state index contributed by atoms with van der Waals surface area (Å²) in [5, 5.41) is 4.06. The van der Waals surface area contributed by atoms with Crippen LogP contribution in [0.3, 0.4) is 0 Å². The van der Waals surface area contributed by atoms with Crippen LogP contribution >= 0.6 is 0 Å². The van der Waals surface area contributed by atoms with Crippen molar-refractivity contribution in [2.75, 3.05) is 18.1 Å². The molecule has 1 heterocycles. The van der Waals surface area contributed by atoms with Crippen molar-refractivity contribution < 1.29 is 0 Å². The van der Waals surface area contributed by atoms with E-state index in [9.17, 15) is 0 Å². The first kappa shape index (κ1) is 7.86. The normalized spacial score (nSPS) is 10.2. The van der Waals surface area contributed by atoms with Crippen LogP contribution in [-0.2, 0) is 0 Å². The molecule has 2 rings (SSSR count). The van der Waals surface area contributed by atoms with Crippen LogP contribution in [0.4, 0.5) is 11.4 Å². The van der Waals surface area contributed by atoms with E-state index in [0.29, 0.717) is 0 Å². The third-order valence-electron chi connectivity index (χ3n) is 2.06. The summed E-state index contributed by atoms with van der Waals surface area (Å²) in [7, 11) is 1.88. The third kappa shape index (κ3) is 1.28. The van der Waals surface area contributed by atoms with Crippen molar-refractivity contribution >= 4 is 22.3 Å². The Morgan fingerprint density at radius 1 is 1.31 bits per heavy atom. The van der Waals surface area contributed by atoms with E-state index in [2.05, 4.69) is 10.3 Å². The summed E-state index contributed by atoms with van der Waals surface area (Å²) in [4.78, 5) is 4.21. The average molecular weight is 173 g/mol. The van der Waals surface area contributed by atoms with Crippen LogP contribution in [0.2, 0.25) is 0 Å². The van der Waals surface area contributed by atoms with Gasteiger partial charge in [-0.2, -0.15) is 0 Å². The molecule has 0 aliphatic heterocycles. The van der Waals surface area contributed by atoms with Gasteiger partial charge in [-0.1, -0.05) is 0 Å². The standard InChI is InChI=1S/C10H11N3/c1-12-7-2-3-10-8(6-7)9(11)4-5-13-10/h2-6,12H,1H3,(H2,11,13). The molecule has 0 unspecified atom stereocenters. The summed E-state index contributed by atoms with van der Waals surface area (Å²) in [6, 6.07) is 7.74. The van der Waals surface area contributed by atoms with Crippen LogP contribution in [0, 0.1) is 0 Å². The van der Waals surface area contributed by atoms with Crippen LogP contribution in [0.5, 0.6) is 0 Å². The Hall–Kier alpha value is -1.77. The second-order valence-electron chi connectivity index (χ2n) is 2.88. The lowest BCUT2D eigenvalue weighted by molar-refractivity contribution is 1.41. The molecule has 0 aliphatic rings. The van der Waals surface area contributed by atoms with Gasteiger partial charge in [0, 0.05) is 30.0 Å². The molecule has 0 saturated carbocycles. The molecule has 0 amide bonds. The van der Waals surface area contributed by atoms with Crippen molar-refractivity contribution in [1.29, 1.82) is 0 Å². The fraction of sp³-hybridized carbons (Fsp3) is 0.100. The van der Waals surface area contributed by atoms with Gasteiger partial charge in [-0.3, -0.25) is 4.98 Å². The van der Waals surface area contributed by atoms with E-state index < -0.39 is 0 Å². The highest BCUT2D eigenvalue weighted by Crippen LogP contribution is 2.21. The molecule has 13 heavy (non-hydrogen) atoms. The Morgan fingerprint density at radius 2 is 2.15 bits per heavy atom. The summed E-state index contributed by atoms with van der Waals surface area (Å²) < 4.78 is 0. The highest BCUT2D eigenvalue weighted by Gasteiger charge is 1.98. The van der Waals surface area contributed by atoms with Crippen LogP contribution in [0.1, 0.15) is 0 Å². The number of anilines is 2. The highest BCUT2D eigenvalue weighted by atomic mass is 14.8. The zero-order valence-electron chi connectivity index (χ0n) is 7.41. The van der Waals surface area contributed by atoms with E-state index in [-0.39, 0.29) is 0 Å². The van der Waals surface area contributed by atoms with Crippen LogP contribution < -0.4 is 11.1 Å². The van der Waals surface area contributed by atoms with Crippen molar-refractivity contribution in [3.05, 3.63) is 30.5 Å². The smallest absolute Gasteiger partial charge is 0.0724 e. The highest BCUT2D eigenvalue weighted by molar-refractivity contribution is 5.92. The molecule has 0 atom stereocenters. The molecule has 0 aliphatic carbocycles. The van der Waals surface area contributed by atoms with Gasteiger partial charge in [0.2, 0.25) is 0 Å².